The van der Waals surface area contributed by atoms with Gasteiger partial charge < -0.3 is 20.0 Å². The Bertz CT molecular complexity index is 1020. The van der Waals surface area contributed by atoms with E-state index < -0.39 is 23.5 Å². The van der Waals surface area contributed by atoms with Gasteiger partial charge in [-0.25, -0.2) is 15.0 Å². The number of aromatic nitrogens is 3. The van der Waals surface area contributed by atoms with Crippen LogP contribution in [-0.4, -0.2) is 47.0 Å². The average Bonchev–Trinajstić information content (AvgIpc) is 3.22. The topological polar surface area (TPSA) is 96.2 Å². The molecule has 0 spiro atoms. The molecule has 0 radical (unpaired) electrons. The highest BCUT2D eigenvalue weighted by molar-refractivity contribution is 6.03. The number of hydrogen-bond acceptors (Lipinski definition) is 7. The van der Waals surface area contributed by atoms with E-state index in [0.717, 1.165) is 26.2 Å². The molecule has 1 saturated heterocycles. The molecule has 1 aromatic carbocycles. The van der Waals surface area contributed by atoms with Crippen molar-refractivity contribution in [2.45, 2.75) is 6.18 Å². The average molecular weight is 455 g/mol. The van der Waals surface area contributed by atoms with E-state index >= 15 is 0 Å². The molecule has 0 aliphatic carbocycles. The van der Waals surface area contributed by atoms with Crippen molar-refractivity contribution in [3.05, 3.63) is 54.2 Å². The summed E-state index contributed by atoms with van der Waals surface area (Å²) in [6.07, 6.45) is -2.20. The minimum absolute atomic E-state index is 0. The molecule has 2 N–H and O–H groups in total. The van der Waals surface area contributed by atoms with Gasteiger partial charge in [-0.3, -0.25) is 4.79 Å². The third-order valence-electron chi connectivity index (χ3n) is 4.42. The van der Waals surface area contributed by atoms with Crippen LogP contribution in [0.4, 0.5) is 24.8 Å². The van der Waals surface area contributed by atoms with Crippen LogP contribution in [0.2, 0.25) is 0 Å². The molecule has 0 unspecified atom stereocenters. The number of nitrogens with zero attached hydrogens (tertiary/aromatic N) is 4. The van der Waals surface area contributed by atoms with Crippen LogP contribution in [0.5, 0.6) is 0 Å². The summed E-state index contributed by atoms with van der Waals surface area (Å²) in [6, 6.07) is 8.04. The third-order valence-corrected chi connectivity index (χ3v) is 4.42. The predicted molar refractivity (Wildman–Crippen MR) is 109 cm³/mol. The summed E-state index contributed by atoms with van der Waals surface area (Å²) < 4.78 is 45.0. The number of hydrogen-bond donors (Lipinski definition) is 2. The van der Waals surface area contributed by atoms with Crippen molar-refractivity contribution in [2.75, 3.05) is 36.4 Å². The van der Waals surface area contributed by atoms with Crippen molar-refractivity contribution >= 4 is 29.9 Å². The summed E-state index contributed by atoms with van der Waals surface area (Å²) in [5.41, 5.74) is -0.380. The Morgan fingerprint density at radius 3 is 2.35 bits per heavy atom. The van der Waals surface area contributed by atoms with Crippen molar-refractivity contribution in [3.8, 4) is 11.5 Å². The Hall–Kier alpha value is -3.18. The van der Waals surface area contributed by atoms with Gasteiger partial charge in [0.15, 0.2) is 5.69 Å². The number of anilines is 2. The number of carbonyl (C=O) groups excluding carboxylic acids is 1. The van der Waals surface area contributed by atoms with Crippen molar-refractivity contribution < 1.29 is 22.4 Å². The van der Waals surface area contributed by atoms with Gasteiger partial charge in [0, 0.05) is 31.7 Å². The van der Waals surface area contributed by atoms with E-state index in [4.69, 9.17) is 4.42 Å². The van der Waals surface area contributed by atoms with Gasteiger partial charge in [-0.1, -0.05) is 18.2 Å². The number of rotatable bonds is 4. The summed E-state index contributed by atoms with van der Waals surface area (Å²) >= 11 is 0. The maximum absolute atomic E-state index is 13.4. The highest BCUT2D eigenvalue weighted by atomic mass is 35.5. The van der Waals surface area contributed by atoms with Crippen LogP contribution in [0, 0.1) is 0 Å². The van der Waals surface area contributed by atoms with Gasteiger partial charge in [0.05, 0.1) is 18.1 Å². The molecule has 0 bridgehead atoms. The monoisotopic (exact) mass is 454 g/mol. The van der Waals surface area contributed by atoms with Gasteiger partial charge in [-0.2, -0.15) is 13.2 Å². The molecule has 3 heterocycles. The summed E-state index contributed by atoms with van der Waals surface area (Å²) in [5, 5.41) is 5.56. The highest BCUT2D eigenvalue weighted by Crippen LogP contribution is 2.35. The molecule has 0 saturated carbocycles. The first-order chi connectivity index (χ1) is 14.4. The first-order valence-electron chi connectivity index (χ1n) is 9.14. The first kappa shape index (κ1) is 22.5. The zero-order chi connectivity index (χ0) is 21.1. The Balaban J connectivity index is 0.00000272. The summed E-state index contributed by atoms with van der Waals surface area (Å²) in [5.74, 6) is -2.33. The maximum Gasteiger partial charge on any atom is 0.452 e. The standard InChI is InChI=1S/C19H17F3N6O2.ClH/c20-19(21,22)15-14(27-17(30-15)12-4-2-1-3-5-12)16(29)26-13-10-24-18(25-11-13)28-8-6-23-7-9-28;/h1-5,10-11,23H,6-9H2,(H,26,29);1H. The summed E-state index contributed by atoms with van der Waals surface area (Å²) in [6.45, 7) is 3.08. The normalized spacial score (nSPS) is 14.1. The van der Waals surface area contributed by atoms with E-state index in [2.05, 4.69) is 25.6 Å². The molecule has 3 aromatic rings. The predicted octanol–water partition coefficient (Wildman–Crippen LogP) is 3.23. The number of piperazine rings is 1. The van der Waals surface area contributed by atoms with E-state index in [0.29, 0.717) is 11.5 Å². The summed E-state index contributed by atoms with van der Waals surface area (Å²) in [7, 11) is 0. The molecular formula is C19H18ClF3N6O2. The van der Waals surface area contributed by atoms with Crippen LogP contribution in [0.25, 0.3) is 11.5 Å². The molecular weight excluding hydrogens is 437 g/mol. The molecule has 1 amide bonds. The molecule has 164 valence electrons. The molecule has 1 aliphatic heterocycles. The number of carbonyl (C=O) groups is 1. The largest absolute Gasteiger partial charge is 0.452 e. The fourth-order valence-electron chi connectivity index (χ4n) is 2.97. The zero-order valence-corrected chi connectivity index (χ0v) is 16.8. The van der Waals surface area contributed by atoms with Crippen LogP contribution >= 0.6 is 12.4 Å². The molecule has 1 fully saturated rings. The number of amides is 1. The van der Waals surface area contributed by atoms with Gasteiger partial charge >= 0.3 is 6.18 Å². The maximum atomic E-state index is 13.4. The Kier molecular flexibility index (Phi) is 6.76. The van der Waals surface area contributed by atoms with Crippen molar-refractivity contribution in [2.24, 2.45) is 0 Å². The number of nitrogens with one attached hydrogen (secondary N) is 2. The van der Waals surface area contributed by atoms with Crippen molar-refractivity contribution in [1.29, 1.82) is 0 Å². The van der Waals surface area contributed by atoms with Crippen LogP contribution in [0.1, 0.15) is 16.2 Å². The lowest BCUT2D eigenvalue weighted by molar-refractivity contribution is -0.153. The van der Waals surface area contributed by atoms with Crippen molar-refractivity contribution in [3.63, 3.8) is 0 Å². The van der Waals surface area contributed by atoms with Gasteiger partial charge in [-0.15, -0.1) is 12.4 Å². The SMILES string of the molecule is Cl.O=C(Nc1cnc(N2CCNCC2)nc1)c1nc(-c2ccccc2)oc1C(F)(F)F. The van der Waals surface area contributed by atoms with Crippen LogP contribution in [-0.2, 0) is 6.18 Å². The van der Waals surface area contributed by atoms with Gasteiger partial charge in [0.1, 0.15) is 0 Å². The van der Waals surface area contributed by atoms with Crippen LogP contribution in [0.3, 0.4) is 0 Å². The number of oxazole rings is 1. The third kappa shape index (κ3) is 5.12. The van der Waals surface area contributed by atoms with E-state index in [-0.39, 0.29) is 24.0 Å². The van der Waals surface area contributed by atoms with E-state index in [1.165, 1.54) is 24.5 Å². The second-order valence-electron chi connectivity index (χ2n) is 6.52. The minimum Gasteiger partial charge on any atom is -0.431 e. The van der Waals surface area contributed by atoms with E-state index in [1.54, 1.807) is 18.2 Å². The molecule has 8 nitrogen and oxygen atoms in total. The van der Waals surface area contributed by atoms with Gasteiger partial charge in [0.2, 0.25) is 17.6 Å². The number of benzene rings is 1. The first-order valence-corrected chi connectivity index (χ1v) is 9.14. The molecule has 4 rings (SSSR count). The molecule has 31 heavy (non-hydrogen) atoms. The molecule has 0 atom stereocenters. The van der Waals surface area contributed by atoms with Crippen LogP contribution < -0.4 is 15.5 Å². The van der Waals surface area contributed by atoms with Crippen molar-refractivity contribution in [1.82, 2.24) is 20.3 Å². The van der Waals surface area contributed by atoms with E-state index in [1.807, 2.05) is 4.90 Å². The Morgan fingerprint density at radius 2 is 1.74 bits per heavy atom. The van der Waals surface area contributed by atoms with Gasteiger partial charge in [-0.05, 0) is 12.1 Å². The zero-order valence-electron chi connectivity index (χ0n) is 16.0. The molecule has 12 heteroatoms. The number of halogens is 4. The lowest BCUT2D eigenvalue weighted by atomic mass is 10.2. The molecule has 1 aliphatic rings. The second-order valence-corrected chi connectivity index (χ2v) is 6.52. The summed E-state index contributed by atoms with van der Waals surface area (Å²) in [4.78, 5) is 26.6. The Labute approximate surface area is 181 Å². The van der Waals surface area contributed by atoms with Gasteiger partial charge in [0.25, 0.3) is 5.91 Å². The smallest absolute Gasteiger partial charge is 0.431 e. The second kappa shape index (κ2) is 9.31. The molecule has 2 aromatic heterocycles. The fourth-order valence-corrected chi connectivity index (χ4v) is 2.97. The Morgan fingerprint density at radius 1 is 1.10 bits per heavy atom. The number of alkyl halides is 3. The lowest BCUT2D eigenvalue weighted by Crippen LogP contribution is -2.44. The highest BCUT2D eigenvalue weighted by Gasteiger charge is 2.42. The quantitative estimate of drug-likeness (QED) is 0.624. The van der Waals surface area contributed by atoms with E-state index in [9.17, 15) is 18.0 Å². The van der Waals surface area contributed by atoms with Crippen LogP contribution in [0.15, 0.2) is 47.1 Å². The fraction of sp³-hybridized carbons (Fsp3) is 0.263. The lowest BCUT2D eigenvalue weighted by Gasteiger charge is -2.27. The minimum atomic E-state index is -4.88.